The topological polar surface area (TPSA) is 95.9 Å². The molecule has 5 nitrogen and oxygen atoms in total. The van der Waals surface area contributed by atoms with Crippen LogP contribution in [0.25, 0.3) is 0 Å². The predicted octanol–water partition coefficient (Wildman–Crippen LogP) is -1.16. The second kappa shape index (κ2) is 4.35. The van der Waals surface area contributed by atoms with Gasteiger partial charge in [-0.2, -0.15) is 0 Å². The zero-order valence-corrected chi connectivity index (χ0v) is 9.42. The van der Waals surface area contributed by atoms with E-state index in [0.29, 0.717) is 0 Å². The Bertz CT molecular complexity index is 214. The van der Waals surface area contributed by atoms with Gasteiger partial charge in [0.25, 0.3) is 0 Å². The van der Waals surface area contributed by atoms with Crippen LogP contribution in [0.2, 0.25) is 0 Å². The summed E-state index contributed by atoms with van der Waals surface area (Å²) in [6, 6.07) is -0.636. The van der Waals surface area contributed by atoms with E-state index in [0.717, 1.165) is 0 Å². The number of aliphatic hydroxyl groups excluding tert-OH is 3. The minimum atomic E-state index is -1.12. The molecule has 90 valence electrons. The summed E-state index contributed by atoms with van der Waals surface area (Å²) in [6.45, 7) is 5.50. The Balaban J connectivity index is 2.83. The summed E-state index contributed by atoms with van der Waals surface area (Å²) in [6.07, 6.45) is -3.32. The lowest BCUT2D eigenvalue weighted by molar-refractivity contribution is -0.211. The average molecular weight is 219 g/mol. The van der Waals surface area contributed by atoms with E-state index in [1.165, 1.54) is 0 Å². The summed E-state index contributed by atoms with van der Waals surface area (Å²) in [5, 5.41) is 28.3. The molecule has 5 N–H and O–H groups in total. The third-order valence-corrected chi connectivity index (χ3v) is 2.83. The van der Waals surface area contributed by atoms with Gasteiger partial charge in [0.2, 0.25) is 0 Å². The van der Waals surface area contributed by atoms with Crippen molar-refractivity contribution in [1.82, 2.24) is 0 Å². The summed E-state index contributed by atoms with van der Waals surface area (Å²) >= 11 is 0. The molecule has 5 atom stereocenters. The maximum absolute atomic E-state index is 9.72. The fourth-order valence-corrected chi connectivity index (χ4v) is 1.92. The zero-order chi connectivity index (χ0) is 11.8. The maximum Gasteiger partial charge on any atom is 0.110 e. The molecule has 5 heteroatoms. The SMILES string of the molecule is CC(C)(C)C1OC(CO)[C@@H](O)[C@H](O)C1N. The predicted molar refractivity (Wildman–Crippen MR) is 55.2 cm³/mol. The highest BCUT2D eigenvalue weighted by molar-refractivity contribution is 4.98. The molecule has 0 spiro atoms. The Morgan fingerprint density at radius 3 is 2.13 bits per heavy atom. The van der Waals surface area contributed by atoms with Crippen LogP contribution in [0.3, 0.4) is 0 Å². The van der Waals surface area contributed by atoms with E-state index in [1.807, 2.05) is 20.8 Å². The molecule has 1 fully saturated rings. The summed E-state index contributed by atoms with van der Waals surface area (Å²) in [4.78, 5) is 0. The summed E-state index contributed by atoms with van der Waals surface area (Å²) < 4.78 is 5.51. The highest BCUT2D eigenvalue weighted by Crippen LogP contribution is 2.31. The first-order valence-electron chi connectivity index (χ1n) is 5.17. The van der Waals surface area contributed by atoms with Crippen LogP contribution in [0.1, 0.15) is 20.8 Å². The van der Waals surface area contributed by atoms with Gasteiger partial charge in [-0.3, -0.25) is 0 Å². The molecule has 1 rings (SSSR count). The third kappa shape index (κ3) is 2.49. The lowest BCUT2D eigenvalue weighted by Crippen LogP contribution is -2.64. The molecule has 0 amide bonds. The lowest BCUT2D eigenvalue weighted by Gasteiger charge is -2.46. The van der Waals surface area contributed by atoms with E-state index < -0.39 is 24.4 Å². The molecule has 0 saturated carbocycles. The van der Waals surface area contributed by atoms with E-state index in [4.69, 9.17) is 15.6 Å². The Hall–Kier alpha value is -0.200. The van der Waals surface area contributed by atoms with Crippen LogP contribution < -0.4 is 5.73 Å². The van der Waals surface area contributed by atoms with Gasteiger partial charge in [0.15, 0.2) is 0 Å². The third-order valence-electron chi connectivity index (χ3n) is 2.83. The molecule has 3 unspecified atom stereocenters. The standard InChI is InChI=1S/C10H21NO4/c1-10(2,3)9-6(11)8(14)7(13)5(4-12)15-9/h5-9,12-14H,4,11H2,1-3H3/t5?,6?,7-,8-,9?/m1/s1. The quantitative estimate of drug-likeness (QED) is 0.446. The van der Waals surface area contributed by atoms with Crippen molar-refractivity contribution in [2.24, 2.45) is 11.1 Å². The molecule has 0 aromatic rings. The summed E-state index contributed by atoms with van der Waals surface area (Å²) in [5.41, 5.74) is 5.56. The van der Waals surface area contributed by atoms with Crippen LogP contribution in [0.5, 0.6) is 0 Å². The molecule has 1 aliphatic heterocycles. The highest BCUT2D eigenvalue weighted by Gasteiger charge is 2.46. The van der Waals surface area contributed by atoms with Gasteiger partial charge in [0, 0.05) is 0 Å². The first-order chi connectivity index (χ1) is 6.79. The van der Waals surface area contributed by atoms with Gasteiger partial charge in [-0.1, -0.05) is 20.8 Å². The molecule has 0 radical (unpaired) electrons. The highest BCUT2D eigenvalue weighted by atomic mass is 16.5. The minimum absolute atomic E-state index is 0.242. The number of aliphatic hydroxyl groups is 3. The monoisotopic (exact) mass is 219 g/mol. The Kier molecular flexibility index (Phi) is 3.73. The van der Waals surface area contributed by atoms with Gasteiger partial charge in [0.1, 0.15) is 18.3 Å². The molecule has 0 bridgehead atoms. The Morgan fingerprint density at radius 1 is 1.20 bits per heavy atom. The normalized spacial score (nSPS) is 43.0. The van der Waals surface area contributed by atoms with Gasteiger partial charge < -0.3 is 25.8 Å². The molecular formula is C10H21NO4. The Labute approximate surface area is 89.9 Å². The van der Waals surface area contributed by atoms with Crippen LogP contribution in [0.15, 0.2) is 0 Å². The van der Waals surface area contributed by atoms with E-state index in [9.17, 15) is 10.2 Å². The van der Waals surface area contributed by atoms with E-state index in [-0.39, 0.29) is 18.1 Å². The molecule has 1 aliphatic rings. The van der Waals surface area contributed by atoms with E-state index >= 15 is 0 Å². The number of nitrogens with two attached hydrogens (primary N) is 1. The molecule has 1 heterocycles. The van der Waals surface area contributed by atoms with Gasteiger partial charge in [-0.05, 0) is 5.41 Å². The molecule has 15 heavy (non-hydrogen) atoms. The van der Waals surface area contributed by atoms with Crippen LogP contribution in [0.4, 0.5) is 0 Å². The number of hydrogen-bond donors (Lipinski definition) is 4. The van der Waals surface area contributed by atoms with Crippen molar-refractivity contribution in [3.05, 3.63) is 0 Å². The van der Waals surface area contributed by atoms with Crippen molar-refractivity contribution in [1.29, 1.82) is 0 Å². The molecule has 0 aromatic heterocycles. The first kappa shape index (κ1) is 12.9. The van der Waals surface area contributed by atoms with Crippen molar-refractivity contribution in [3.63, 3.8) is 0 Å². The van der Waals surface area contributed by atoms with Crippen LogP contribution in [-0.4, -0.2) is 52.4 Å². The zero-order valence-electron chi connectivity index (χ0n) is 9.42. The second-order valence-corrected chi connectivity index (χ2v) is 5.20. The summed E-state index contributed by atoms with van der Waals surface area (Å²) in [5.74, 6) is 0. The van der Waals surface area contributed by atoms with Crippen molar-refractivity contribution in [2.45, 2.75) is 51.2 Å². The number of rotatable bonds is 1. The summed E-state index contributed by atoms with van der Waals surface area (Å²) in [7, 11) is 0. The molecule has 1 saturated heterocycles. The first-order valence-corrected chi connectivity index (χ1v) is 5.17. The van der Waals surface area contributed by atoms with Crippen molar-refractivity contribution in [3.8, 4) is 0 Å². The smallest absolute Gasteiger partial charge is 0.110 e. The molecule has 0 aliphatic carbocycles. The van der Waals surface area contributed by atoms with Crippen molar-refractivity contribution < 1.29 is 20.1 Å². The van der Waals surface area contributed by atoms with Crippen molar-refractivity contribution >= 4 is 0 Å². The second-order valence-electron chi connectivity index (χ2n) is 5.20. The van der Waals surface area contributed by atoms with E-state index in [1.54, 1.807) is 0 Å². The van der Waals surface area contributed by atoms with Gasteiger partial charge in [0.05, 0.1) is 18.8 Å². The fraction of sp³-hybridized carbons (Fsp3) is 1.00. The van der Waals surface area contributed by atoms with Crippen LogP contribution >= 0.6 is 0 Å². The van der Waals surface area contributed by atoms with Gasteiger partial charge >= 0.3 is 0 Å². The van der Waals surface area contributed by atoms with Gasteiger partial charge in [-0.25, -0.2) is 0 Å². The number of ether oxygens (including phenoxy) is 1. The Morgan fingerprint density at radius 2 is 1.73 bits per heavy atom. The maximum atomic E-state index is 9.72. The molecule has 0 aromatic carbocycles. The van der Waals surface area contributed by atoms with Crippen LogP contribution in [-0.2, 0) is 4.74 Å². The minimum Gasteiger partial charge on any atom is -0.394 e. The van der Waals surface area contributed by atoms with Crippen LogP contribution in [0, 0.1) is 5.41 Å². The fourth-order valence-electron chi connectivity index (χ4n) is 1.92. The number of hydrogen-bond acceptors (Lipinski definition) is 5. The van der Waals surface area contributed by atoms with Crippen molar-refractivity contribution in [2.75, 3.05) is 6.61 Å². The van der Waals surface area contributed by atoms with Gasteiger partial charge in [-0.15, -0.1) is 0 Å². The lowest BCUT2D eigenvalue weighted by atomic mass is 9.79. The van der Waals surface area contributed by atoms with E-state index in [2.05, 4.69) is 0 Å². The average Bonchev–Trinajstić information content (AvgIpc) is 2.13. The molecular weight excluding hydrogens is 198 g/mol. The largest absolute Gasteiger partial charge is 0.394 e.